The van der Waals surface area contributed by atoms with E-state index >= 15 is 0 Å². The maximum atomic E-state index is 13.5. The van der Waals surface area contributed by atoms with E-state index < -0.39 is 21.4 Å². The SMILES string of the molecule is C=C1C[C@H](CCCOC(=O)C(C)(C)C)OC1CC[C@@H](O)C[C@@H](C)C(=C)[C@H](C)C[C@@H]1O[C@H](C[C@H](C)CC)[C@H](C)[C@H]1CS(=O)(=O)c1ccccc1. The van der Waals surface area contributed by atoms with Gasteiger partial charge in [0.1, 0.15) is 0 Å². The Labute approximate surface area is 298 Å². The fraction of sp³-hybridized carbons (Fsp3) is 0.732. The van der Waals surface area contributed by atoms with E-state index in [2.05, 4.69) is 47.8 Å². The predicted molar refractivity (Wildman–Crippen MR) is 198 cm³/mol. The number of sulfone groups is 1. The van der Waals surface area contributed by atoms with Crippen LogP contribution < -0.4 is 0 Å². The highest BCUT2D eigenvalue weighted by molar-refractivity contribution is 7.91. The van der Waals surface area contributed by atoms with Gasteiger partial charge in [0, 0.05) is 5.92 Å². The average Bonchev–Trinajstić information content (AvgIpc) is 3.54. The van der Waals surface area contributed by atoms with Gasteiger partial charge in [0.2, 0.25) is 0 Å². The molecule has 2 heterocycles. The van der Waals surface area contributed by atoms with Crippen molar-refractivity contribution in [2.24, 2.45) is 35.0 Å². The van der Waals surface area contributed by atoms with Crippen molar-refractivity contribution < 1.29 is 32.5 Å². The van der Waals surface area contributed by atoms with Gasteiger partial charge in [0.25, 0.3) is 0 Å². The third-order valence-corrected chi connectivity index (χ3v) is 12.8. The third-order valence-electron chi connectivity index (χ3n) is 11.0. The van der Waals surface area contributed by atoms with E-state index in [0.29, 0.717) is 43.1 Å². The zero-order valence-corrected chi connectivity index (χ0v) is 32.5. The molecule has 0 saturated carbocycles. The summed E-state index contributed by atoms with van der Waals surface area (Å²) in [5.41, 5.74) is 1.64. The van der Waals surface area contributed by atoms with Crippen LogP contribution in [0.1, 0.15) is 113 Å². The summed E-state index contributed by atoms with van der Waals surface area (Å²) in [7, 11) is -3.46. The van der Waals surface area contributed by atoms with Crippen molar-refractivity contribution in [3.8, 4) is 0 Å². The highest BCUT2D eigenvalue weighted by Gasteiger charge is 2.44. The molecule has 1 aromatic rings. The van der Waals surface area contributed by atoms with Crippen molar-refractivity contribution in [2.45, 2.75) is 149 Å². The first-order chi connectivity index (χ1) is 22.9. The molecule has 1 N–H and O–H groups in total. The number of benzene rings is 1. The Hall–Kier alpha value is -2.00. The van der Waals surface area contributed by atoms with Crippen LogP contribution in [0.25, 0.3) is 0 Å². The smallest absolute Gasteiger partial charge is 0.311 e. The van der Waals surface area contributed by atoms with Crippen molar-refractivity contribution in [3.63, 3.8) is 0 Å². The maximum Gasteiger partial charge on any atom is 0.311 e. The average molecular weight is 703 g/mol. The molecular formula is C41H66O7S. The highest BCUT2D eigenvalue weighted by Crippen LogP contribution is 2.42. The zero-order chi connectivity index (χ0) is 36.5. The lowest BCUT2D eigenvalue weighted by atomic mass is 9.80. The van der Waals surface area contributed by atoms with Crippen molar-refractivity contribution in [2.75, 3.05) is 12.4 Å². The van der Waals surface area contributed by atoms with E-state index in [0.717, 1.165) is 43.3 Å². The number of carbonyl (C=O) groups is 1. The van der Waals surface area contributed by atoms with E-state index in [1.807, 2.05) is 26.8 Å². The van der Waals surface area contributed by atoms with Crippen molar-refractivity contribution in [1.29, 1.82) is 0 Å². The quantitative estimate of drug-likeness (QED) is 0.0875. The summed E-state index contributed by atoms with van der Waals surface area (Å²) in [6.45, 7) is 25.5. The van der Waals surface area contributed by atoms with Gasteiger partial charge in [0.05, 0.1) is 53.2 Å². The molecule has 0 aliphatic carbocycles. The van der Waals surface area contributed by atoms with Crippen LogP contribution in [-0.2, 0) is 28.8 Å². The van der Waals surface area contributed by atoms with E-state index in [-0.39, 0.29) is 59.8 Å². The van der Waals surface area contributed by atoms with Gasteiger partial charge >= 0.3 is 5.97 Å². The number of esters is 1. The molecule has 3 rings (SSSR count). The molecule has 0 bridgehead atoms. The molecule has 2 saturated heterocycles. The monoisotopic (exact) mass is 702 g/mol. The molecule has 278 valence electrons. The molecule has 10 atom stereocenters. The number of hydrogen-bond donors (Lipinski definition) is 1. The maximum absolute atomic E-state index is 13.5. The number of hydrogen-bond acceptors (Lipinski definition) is 7. The fourth-order valence-electron chi connectivity index (χ4n) is 7.31. The Balaban J connectivity index is 1.50. The third kappa shape index (κ3) is 12.3. The number of ether oxygens (including phenoxy) is 3. The second-order valence-electron chi connectivity index (χ2n) is 16.3. The Morgan fingerprint density at radius 2 is 1.71 bits per heavy atom. The Bertz CT molecular complexity index is 1320. The summed E-state index contributed by atoms with van der Waals surface area (Å²) in [5, 5.41) is 11.0. The van der Waals surface area contributed by atoms with Crippen LogP contribution >= 0.6 is 0 Å². The molecular weight excluding hydrogens is 637 g/mol. The minimum absolute atomic E-state index is 0.0359. The van der Waals surface area contributed by atoms with Crippen LogP contribution in [0.2, 0.25) is 0 Å². The first-order valence-electron chi connectivity index (χ1n) is 18.7. The minimum atomic E-state index is -3.46. The van der Waals surface area contributed by atoms with Crippen LogP contribution in [0.3, 0.4) is 0 Å². The number of carbonyl (C=O) groups excluding carboxylic acids is 1. The Morgan fingerprint density at radius 3 is 2.35 bits per heavy atom. The second-order valence-corrected chi connectivity index (χ2v) is 18.3. The summed E-state index contributed by atoms with van der Waals surface area (Å²) < 4.78 is 45.3. The van der Waals surface area contributed by atoms with Gasteiger partial charge in [0.15, 0.2) is 9.84 Å². The van der Waals surface area contributed by atoms with Crippen LogP contribution in [0.15, 0.2) is 59.5 Å². The number of aliphatic hydroxyl groups excluding tert-OH is 1. The highest BCUT2D eigenvalue weighted by atomic mass is 32.2. The molecule has 7 nitrogen and oxygen atoms in total. The van der Waals surface area contributed by atoms with Crippen LogP contribution in [0.5, 0.6) is 0 Å². The molecule has 2 aliphatic rings. The van der Waals surface area contributed by atoms with Gasteiger partial charge in [-0.15, -0.1) is 0 Å². The summed E-state index contributed by atoms with van der Waals surface area (Å²) >= 11 is 0. The normalized spacial score (nSPS) is 27.1. The molecule has 1 unspecified atom stereocenters. The number of aliphatic hydroxyl groups is 1. The van der Waals surface area contributed by atoms with Crippen molar-refractivity contribution in [1.82, 2.24) is 0 Å². The molecule has 49 heavy (non-hydrogen) atoms. The largest absolute Gasteiger partial charge is 0.465 e. The van der Waals surface area contributed by atoms with Crippen molar-refractivity contribution in [3.05, 3.63) is 54.6 Å². The van der Waals surface area contributed by atoms with Crippen molar-refractivity contribution >= 4 is 15.8 Å². The lowest BCUT2D eigenvalue weighted by Crippen LogP contribution is -2.30. The van der Waals surface area contributed by atoms with Gasteiger partial charge in [-0.3, -0.25) is 4.79 Å². The second kappa shape index (κ2) is 18.5. The fourth-order valence-corrected chi connectivity index (χ4v) is 9.09. The van der Waals surface area contributed by atoms with E-state index in [1.165, 1.54) is 0 Å². The van der Waals surface area contributed by atoms with Gasteiger partial charge in [-0.25, -0.2) is 8.42 Å². The van der Waals surface area contributed by atoms with E-state index in [1.54, 1.807) is 24.3 Å². The number of rotatable bonds is 19. The Morgan fingerprint density at radius 1 is 1.04 bits per heavy atom. The first kappa shape index (κ1) is 41.4. The molecule has 0 spiro atoms. The molecule has 0 radical (unpaired) electrons. The van der Waals surface area contributed by atoms with Gasteiger partial charge < -0.3 is 19.3 Å². The molecule has 8 heteroatoms. The lowest BCUT2D eigenvalue weighted by molar-refractivity contribution is -0.153. The Kier molecular flexibility index (Phi) is 15.6. The van der Waals surface area contributed by atoms with Gasteiger partial charge in [-0.05, 0) is 114 Å². The van der Waals surface area contributed by atoms with E-state index in [9.17, 15) is 18.3 Å². The van der Waals surface area contributed by atoms with Crippen LogP contribution in [-0.4, -0.2) is 62.4 Å². The molecule has 0 amide bonds. The van der Waals surface area contributed by atoms with E-state index in [4.69, 9.17) is 14.2 Å². The minimum Gasteiger partial charge on any atom is -0.465 e. The summed E-state index contributed by atoms with van der Waals surface area (Å²) in [5.74, 6) is 0.648. The van der Waals surface area contributed by atoms with Gasteiger partial charge in [-0.1, -0.05) is 78.0 Å². The van der Waals surface area contributed by atoms with Gasteiger partial charge in [-0.2, -0.15) is 0 Å². The first-order valence-corrected chi connectivity index (χ1v) is 20.4. The summed E-state index contributed by atoms with van der Waals surface area (Å²) in [4.78, 5) is 12.4. The molecule has 2 fully saturated rings. The topological polar surface area (TPSA) is 99.1 Å². The summed E-state index contributed by atoms with van der Waals surface area (Å²) in [6.07, 6.45) is 6.38. The van der Waals surface area contributed by atoms with Crippen LogP contribution in [0, 0.1) is 35.0 Å². The summed E-state index contributed by atoms with van der Waals surface area (Å²) in [6, 6.07) is 8.75. The number of allylic oxidation sites excluding steroid dienone is 1. The molecule has 1 aromatic carbocycles. The van der Waals surface area contributed by atoms with Crippen LogP contribution in [0.4, 0.5) is 0 Å². The zero-order valence-electron chi connectivity index (χ0n) is 31.7. The predicted octanol–water partition coefficient (Wildman–Crippen LogP) is 8.75. The standard InChI is InChI=1S/C41H66O7S/c1-11-27(2)22-38-32(7)36(26-49(44,45)35-17-13-12-14-18-35)39(48-38)25-29(4)31(6)28(3)23-33(42)19-20-37-30(5)24-34(47-37)16-15-21-46-40(43)41(8,9)10/h12-14,17-18,27-29,32-34,36-39,42H,5-6,11,15-16,19-26H2,1-4,7-10H3/t27-,28-,29-,32-,33-,34+,36-,37?,38-,39+/m1/s1. The molecule has 0 aromatic heterocycles. The lowest BCUT2D eigenvalue weighted by Gasteiger charge is -2.28. The molecule has 2 aliphatic heterocycles.